The normalized spacial score (nSPS) is 12.0. The van der Waals surface area contributed by atoms with E-state index in [0.29, 0.717) is 12.8 Å². The van der Waals surface area contributed by atoms with E-state index in [2.05, 4.69) is 13.8 Å². The molecule has 0 aromatic rings. The molecule has 0 aromatic heterocycles. The largest absolute Gasteiger partial charge is 0.462 e. The first-order valence-electron chi connectivity index (χ1n) is 23.6. The van der Waals surface area contributed by atoms with Crippen molar-refractivity contribution in [3.63, 3.8) is 0 Å². The van der Waals surface area contributed by atoms with Gasteiger partial charge in [-0.05, 0) is 12.8 Å². The van der Waals surface area contributed by atoms with Crippen LogP contribution in [-0.2, 0) is 19.1 Å². The number of hydrogen-bond donors (Lipinski definition) is 1. The van der Waals surface area contributed by atoms with E-state index < -0.39 is 6.10 Å². The Bertz CT molecular complexity index is 710. The van der Waals surface area contributed by atoms with E-state index in [1.807, 2.05) is 0 Å². The first kappa shape index (κ1) is 50.9. The average molecular weight is 737 g/mol. The number of esters is 2. The van der Waals surface area contributed by atoms with Crippen molar-refractivity contribution in [2.75, 3.05) is 13.2 Å². The Hall–Kier alpha value is -1.10. The minimum Gasteiger partial charge on any atom is -0.462 e. The molecule has 5 heteroatoms. The fourth-order valence-electron chi connectivity index (χ4n) is 7.32. The fraction of sp³-hybridized carbons (Fsp3) is 0.957. The van der Waals surface area contributed by atoms with E-state index in [9.17, 15) is 14.7 Å². The summed E-state index contributed by atoms with van der Waals surface area (Å²) in [5.74, 6) is -0.569. The Morgan fingerprint density at radius 1 is 0.365 bits per heavy atom. The van der Waals surface area contributed by atoms with Gasteiger partial charge in [0.25, 0.3) is 0 Å². The lowest BCUT2D eigenvalue weighted by atomic mass is 10.0. The fourth-order valence-corrected chi connectivity index (χ4v) is 7.32. The van der Waals surface area contributed by atoms with Gasteiger partial charge in [-0.25, -0.2) is 0 Å². The minimum atomic E-state index is -0.762. The number of unbranched alkanes of at least 4 members (excludes halogenated alkanes) is 36. The number of aliphatic hydroxyl groups excluding tert-OH is 1. The number of carbonyl (C=O) groups is 2. The van der Waals surface area contributed by atoms with Crippen molar-refractivity contribution in [2.24, 2.45) is 0 Å². The maximum Gasteiger partial charge on any atom is 0.306 e. The molecular weight excluding hydrogens is 645 g/mol. The molecule has 0 radical (unpaired) electrons. The maximum absolute atomic E-state index is 12.2. The third kappa shape index (κ3) is 41.7. The molecule has 1 atom stereocenters. The van der Waals surface area contributed by atoms with Crippen molar-refractivity contribution < 1.29 is 24.2 Å². The van der Waals surface area contributed by atoms with Gasteiger partial charge >= 0.3 is 11.9 Å². The zero-order valence-electron chi connectivity index (χ0n) is 35.4. The predicted molar refractivity (Wildman–Crippen MR) is 224 cm³/mol. The van der Waals surface area contributed by atoms with Gasteiger partial charge in [-0.15, -0.1) is 0 Å². The number of ether oxygens (including phenoxy) is 2. The molecule has 0 aliphatic rings. The second-order valence-corrected chi connectivity index (χ2v) is 16.2. The molecule has 0 saturated heterocycles. The molecule has 310 valence electrons. The van der Waals surface area contributed by atoms with E-state index in [4.69, 9.17) is 9.47 Å². The van der Waals surface area contributed by atoms with E-state index in [-0.39, 0.29) is 25.2 Å². The molecule has 0 heterocycles. The molecule has 0 aliphatic carbocycles. The number of rotatable bonds is 44. The SMILES string of the molecule is CCCCCCCCCCCCCCCCCCCCCCCCCC(=O)OC(CO)COC(=O)CCCCCCCCCCCCCCCCC. The molecule has 0 fully saturated rings. The number of aliphatic hydroxyl groups is 1. The second kappa shape index (κ2) is 44.3. The summed E-state index contributed by atoms with van der Waals surface area (Å²) < 4.78 is 10.7. The molecule has 0 aromatic carbocycles. The van der Waals surface area contributed by atoms with Crippen LogP contribution in [0.5, 0.6) is 0 Å². The molecule has 0 saturated carbocycles. The summed E-state index contributed by atoms with van der Waals surface area (Å²) >= 11 is 0. The highest BCUT2D eigenvalue weighted by Gasteiger charge is 2.16. The number of hydrogen-bond acceptors (Lipinski definition) is 5. The molecule has 1 unspecified atom stereocenters. The first-order valence-corrected chi connectivity index (χ1v) is 23.6. The molecule has 0 spiro atoms. The smallest absolute Gasteiger partial charge is 0.306 e. The van der Waals surface area contributed by atoms with Crippen molar-refractivity contribution in [3.05, 3.63) is 0 Å². The quantitative estimate of drug-likeness (QED) is 0.0498. The minimum absolute atomic E-state index is 0.0563. The zero-order valence-corrected chi connectivity index (χ0v) is 35.4. The van der Waals surface area contributed by atoms with E-state index in [1.54, 1.807) is 0 Å². The maximum atomic E-state index is 12.2. The topological polar surface area (TPSA) is 72.8 Å². The monoisotopic (exact) mass is 737 g/mol. The summed E-state index contributed by atoms with van der Waals surface area (Å²) in [5, 5.41) is 9.59. The van der Waals surface area contributed by atoms with Crippen molar-refractivity contribution in [3.8, 4) is 0 Å². The van der Waals surface area contributed by atoms with Crippen LogP contribution in [0.1, 0.15) is 271 Å². The van der Waals surface area contributed by atoms with Gasteiger partial charge in [0.1, 0.15) is 6.61 Å². The molecule has 5 nitrogen and oxygen atoms in total. The van der Waals surface area contributed by atoms with Gasteiger partial charge in [0.05, 0.1) is 6.61 Å². The molecule has 0 amide bonds. The summed E-state index contributed by atoms with van der Waals surface area (Å²) in [6.07, 6.45) is 50.4. The lowest BCUT2D eigenvalue weighted by Crippen LogP contribution is -2.28. The van der Waals surface area contributed by atoms with Crippen molar-refractivity contribution in [1.82, 2.24) is 0 Å². The molecular formula is C47H92O5. The van der Waals surface area contributed by atoms with Crippen LogP contribution < -0.4 is 0 Å². The van der Waals surface area contributed by atoms with E-state index >= 15 is 0 Å². The standard InChI is InChI=1S/C47H92O5/c1-3-5-7-9-11-13-15-17-19-20-21-22-23-24-25-26-28-30-32-34-36-38-40-42-47(50)52-45(43-48)44-51-46(49)41-39-37-35-33-31-29-27-18-16-14-12-10-8-6-4-2/h45,48H,3-44H2,1-2H3. The molecule has 0 bridgehead atoms. The van der Waals surface area contributed by atoms with Gasteiger partial charge in [0, 0.05) is 12.8 Å². The summed E-state index contributed by atoms with van der Waals surface area (Å²) in [6, 6.07) is 0. The summed E-state index contributed by atoms with van der Waals surface area (Å²) in [5.41, 5.74) is 0. The highest BCUT2D eigenvalue weighted by molar-refractivity contribution is 5.70. The molecule has 52 heavy (non-hydrogen) atoms. The van der Waals surface area contributed by atoms with Crippen LogP contribution in [0.4, 0.5) is 0 Å². The Morgan fingerprint density at radius 3 is 0.846 bits per heavy atom. The molecule has 1 N–H and O–H groups in total. The van der Waals surface area contributed by atoms with Gasteiger partial charge in [-0.3, -0.25) is 9.59 Å². The third-order valence-electron chi connectivity index (χ3n) is 10.9. The first-order chi connectivity index (χ1) is 25.6. The van der Waals surface area contributed by atoms with Crippen LogP contribution >= 0.6 is 0 Å². The van der Waals surface area contributed by atoms with Crippen LogP contribution in [0.25, 0.3) is 0 Å². The Morgan fingerprint density at radius 2 is 0.596 bits per heavy atom. The Balaban J connectivity index is 3.43. The number of carbonyl (C=O) groups excluding carboxylic acids is 2. The lowest BCUT2D eigenvalue weighted by Gasteiger charge is -2.15. The Kier molecular flexibility index (Phi) is 43.4. The van der Waals surface area contributed by atoms with Crippen LogP contribution in [0.3, 0.4) is 0 Å². The predicted octanol–water partition coefficient (Wildman–Crippen LogP) is 15.1. The summed E-state index contributed by atoms with van der Waals surface area (Å²) in [6.45, 7) is 4.19. The lowest BCUT2D eigenvalue weighted by molar-refractivity contribution is -0.161. The van der Waals surface area contributed by atoms with Crippen LogP contribution in [0, 0.1) is 0 Å². The van der Waals surface area contributed by atoms with Crippen molar-refractivity contribution >= 4 is 11.9 Å². The average Bonchev–Trinajstić information content (AvgIpc) is 3.15. The van der Waals surface area contributed by atoms with Gasteiger partial charge in [-0.2, -0.15) is 0 Å². The van der Waals surface area contributed by atoms with Gasteiger partial charge in [-0.1, -0.05) is 245 Å². The molecule has 0 aliphatic heterocycles. The van der Waals surface area contributed by atoms with Crippen molar-refractivity contribution in [2.45, 2.75) is 277 Å². The van der Waals surface area contributed by atoms with E-state index in [0.717, 1.165) is 32.1 Å². The Labute approximate surface area is 325 Å². The molecule has 0 rings (SSSR count). The summed E-state index contributed by atoms with van der Waals surface area (Å²) in [4.78, 5) is 24.4. The highest BCUT2D eigenvalue weighted by atomic mass is 16.6. The van der Waals surface area contributed by atoms with Crippen LogP contribution in [0.15, 0.2) is 0 Å². The van der Waals surface area contributed by atoms with Crippen LogP contribution in [0.2, 0.25) is 0 Å². The van der Waals surface area contributed by atoms with Crippen LogP contribution in [-0.4, -0.2) is 36.4 Å². The zero-order chi connectivity index (χ0) is 37.8. The highest BCUT2D eigenvalue weighted by Crippen LogP contribution is 2.17. The second-order valence-electron chi connectivity index (χ2n) is 16.2. The summed E-state index contributed by atoms with van der Waals surface area (Å²) in [7, 11) is 0. The third-order valence-corrected chi connectivity index (χ3v) is 10.9. The van der Waals surface area contributed by atoms with Crippen molar-refractivity contribution in [1.29, 1.82) is 0 Å². The van der Waals surface area contributed by atoms with E-state index in [1.165, 1.54) is 212 Å². The van der Waals surface area contributed by atoms with Gasteiger partial charge < -0.3 is 14.6 Å². The van der Waals surface area contributed by atoms with Gasteiger partial charge in [0.2, 0.25) is 0 Å². The van der Waals surface area contributed by atoms with Gasteiger partial charge in [0.15, 0.2) is 6.10 Å².